The van der Waals surface area contributed by atoms with Gasteiger partial charge in [0, 0.05) is 18.7 Å². The van der Waals surface area contributed by atoms with Gasteiger partial charge in [0.15, 0.2) is 0 Å². The first-order valence-corrected chi connectivity index (χ1v) is 10.3. The van der Waals surface area contributed by atoms with Gasteiger partial charge in [0.2, 0.25) is 0 Å². The first-order chi connectivity index (χ1) is 14.8. The molecule has 4 nitrogen and oxygen atoms in total. The molecule has 0 bridgehead atoms. The number of halogens is 3. The topological polar surface area (TPSA) is 53.3 Å². The first-order valence-electron chi connectivity index (χ1n) is 10.3. The number of rotatable bonds is 6. The Kier molecular flexibility index (Phi) is 6.89. The number of benzene rings is 1. The number of amides is 1. The van der Waals surface area contributed by atoms with Crippen molar-refractivity contribution in [3.05, 3.63) is 65.8 Å². The highest BCUT2D eigenvalue weighted by molar-refractivity contribution is 5.96. The number of ether oxygens (including phenoxy) is 1. The standard InChI is InChI=1S/C24H25F3N2O2/c1-3-5-7-16(6-4-2)23(30)29-14-18-10-21(11-19(18)15-29)31-20-9-8-17(13-28)22(12-20)24(25,26)27/h4-9,12,18-19,21H,2-3,10-11,14-15H2,1H3/b7-5-,16-6+. The number of fused-ring (bicyclic) bond motifs is 1. The summed E-state index contributed by atoms with van der Waals surface area (Å²) in [5.74, 6) is 0.604. The molecule has 0 spiro atoms. The van der Waals surface area contributed by atoms with E-state index in [1.165, 1.54) is 6.07 Å². The molecule has 1 saturated heterocycles. The van der Waals surface area contributed by atoms with Crippen molar-refractivity contribution in [3.8, 4) is 11.8 Å². The third-order valence-electron chi connectivity index (χ3n) is 5.79. The maximum Gasteiger partial charge on any atom is 0.417 e. The fourth-order valence-corrected chi connectivity index (χ4v) is 4.38. The Labute approximate surface area is 180 Å². The Morgan fingerprint density at radius 2 is 2.00 bits per heavy atom. The van der Waals surface area contributed by atoms with Gasteiger partial charge in [0.1, 0.15) is 5.75 Å². The van der Waals surface area contributed by atoms with Crippen LogP contribution >= 0.6 is 0 Å². The number of alkyl halides is 3. The monoisotopic (exact) mass is 430 g/mol. The zero-order valence-electron chi connectivity index (χ0n) is 17.4. The molecule has 1 aliphatic heterocycles. The highest BCUT2D eigenvalue weighted by Crippen LogP contribution is 2.41. The lowest BCUT2D eigenvalue weighted by Gasteiger charge is -2.21. The Morgan fingerprint density at radius 3 is 2.55 bits per heavy atom. The van der Waals surface area contributed by atoms with E-state index >= 15 is 0 Å². The van der Waals surface area contributed by atoms with Crippen LogP contribution in [0.3, 0.4) is 0 Å². The Morgan fingerprint density at radius 1 is 1.32 bits per heavy atom. The van der Waals surface area contributed by atoms with Crippen molar-refractivity contribution in [1.82, 2.24) is 4.90 Å². The van der Waals surface area contributed by atoms with E-state index in [0.29, 0.717) is 31.5 Å². The van der Waals surface area contributed by atoms with Crippen LogP contribution in [0.2, 0.25) is 0 Å². The van der Waals surface area contributed by atoms with Crippen LogP contribution in [-0.2, 0) is 11.0 Å². The van der Waals surface area contributed by atoms with Crippen LogP contribution in [0.5, 0.6) is 5.75 Å². The molecule has 1 amide bonds. The van der Waals surface area contributed by atoms with Crippen molar-refractivity contribution >= 4 is 5.91 Å². The molecule has 1 saturated carbocycles. The molecule has 164 valence electrons. The predicted octanol–water partition coefficient (Wildman–Crippen LogP) is 5.27. The second-order valence-electron chi connectivity index (χ2n) is 7.93. The zero-order valence-corrected chi connectivity index (χ0v) is 17.4. The van der Waals surface area contributed by atoms with Crippen molar-refractivity contribution < 1.29 is 22.7 Å². The maximum absolute atomic E-state index is 13.2. The molecule has 0 N–H and O–H groups in total. The Bertz CT molecular complexity index is 929. The lowest BCUT2D eigenvalue weighted by molar-refractivity contribution is -0.138. The van der Waals surface area contributed by atoms with E-state index in [0.717, 1.165) is 18.6 Å². The van der Waals surface area contributed by atoms with Crippen LogP contribution in [0.25, 0.3) is 0 Å². The molecule has 1 heterocycles. The number of hydrogen-bond acceptors (Lipinski definition) is 3. The van der Waals surface area contributed by atoms with E-state index in [1.54, 1.807) is 18.2 Å². The molecule has 1 aromatic carbocycles. The average molecular weight is 430 g/mol. The van der Waals surface area contributed by atoms with Crippen molar-refractivity contribution in [3.63, 3.8) is 0 Å². The Hall–Kier alpha value is -3.01. The fourth-order valence-electron chi connectivity index (χ4n) is 4.38. The molecular weight excluding hydrogens is 405 g/mol. The summed E-state index contributed by atoms with van der Waals surface area (Å²) in [6, 6.07) is 5.02. The summed E-state index contributed by atoms with van der Waals surface area (Å²) in [5.41, 5.74) is -0.802. The summed E-state index contributed by atoms with van der Waals surface area (Å²) in [6.07, 6.45) is 4.43. The molecule has 2 aliphatic rings. The van der Waals surface area contributed by atoms with E-state index in [2.05, 4.69) is 6.58 Å². The molecule has 2 atom stereocenters. The minimum atomic E-state index is -4.61. The highest BCUT2D eigenvalue weighted by Gasteiger charge is 2.43. The van der Waals surface area contributed by atoms with Gasteiger partial charge in [-0.3, -0.25) is 4.79 Å². The van der Waals surface area contributed by atoms with Crippen LogP contribution < -0.4 is 4.74 Å². The smallest absolute Gasteiger partial charge is 0.417 e. The lowest BCUT2D eigenvalue weighted by Crippen LogP contribution is -2.31. The quantitative estimate of drug-likeness (QED) is 0.456. The normalized spacial score (nSPS) is 23.6. The van der Waals surface area contributed by atoms with Gasteiger partial charge >= 0.3 is 6.18 Å². The molecule has 1 aromatic rings. The van der Waals surface area contributed by atoms with Crippen molar-refractivity contribution in [2.24, 2.45) is 11.8 Å². The third kappa shape index (κ3) is 5.19. The van der Waals surface area contributed by atoms with Crippen LogP contribution in [0, 0.1) is 23.2 Å². The molecule has 31 heavy (non-hydrogen) atoms. The number of nitrogens with zero attached hydrogens (tertiary/aromatic N) is 2. The van der Waals surface area contributed by atoms with Gasteiger partial charge in [-0.2, -0.15) is 18.4 Å². The van der Waals surface area contributed by atoms with Gasteiger partial charge in [-0.05, 0) is 49.3 Å². The first kappa shape index (κ1) is 22.7. The van der Waals surface area contributed by atoms with Gasteiger partial charge in [-0.1, -0.05) is 37.8 Å². The number of hydrogen-bond donors (Lipinski definition) is 0. The molecule has 3 rings (SSSR count). The summed E-state index contributed by atoms with van der Waals surface area (Å²) >= 11 is 0. The van der Waals surface area contributed by atoms with Gasteiger partial charge < -0.3 is 9.64 Å². The van der Waals surface area contributed by atoms with Crippen molar-refractivity contribution in [2.45, 2.75) is 38.5 Å². The van der Waals surface area contributed by atoms with E-state index in [-0.39, 0.29) is 29.6 Å². The fraction of sp³-hybridized carbons (Fsp3) is 0.417. The van der Waals surface area contributed by atoms with E-state index < -0.39 is 17.3 Å². The third-order valence-corrected chi connectivity index (χ3v) is 5.79. The number of carbonyl (C=O) groups is 1. The summed E-state index contributed by atoms with van der Waals surface area (Å²) in [6.45, 7) is 6.89. The van der Waals surface area contributed by atoms with E-state index in [4.69, 9.17) is 10.00 Å². The molecular formula is C24H25F3N2O2. The number of nitriles is 1. The molecule has 2 fully saturated rings. The largest absolute Gasteiger partial charge is 0.490 e. The zero-order chi connectivity index (χ0) is 22.6. The van der Waals surface area contributed by atoms with E-state index in [1.807, 2.05) is 24.0 Å². The summed E-state index contributed by atoms with van der Waals surface area (Å²) in [4.78, 5) is 14.7. The van der Waals surface area contributed by atoms with Gasteiger partial charge in [0.05, 0.1) is 23.3 Å². The average Bonchev–Trinajstić information content (AvgIpc) is 3.28. The minimum absolute atomic E-state index is 0.0293. The minimum Gasteiger partial charge on any atom is -0.490 e. The second-order valence-corrected chi connectivity index (χ2v) is 7.93. The second kappa shape index (κ2) is 9.42. The number of likely N-dealkylation sites (tertiary alicyclic amines) is 1. The van der Waals surface area contributed by atoms with Gasteiger partial charge in [-0.15, -0.1) is 0 Å². The molecule has 7 heteroatoms. The van der Waals surface area contributed by atoms with Crippen LogP contribution in [0.15, 0.2) is 54.7 Å². The summed E-state index contributed by atoms with van der Waals surface area (Å²) in [7, 11) is 0. The molecule has 0 radical (unpaired) electrons. The van der Waals surface area contributed by atoms with Crippen LogP contribution in [0.4, 0.5) is 13.2 Å². The van der Waals surface area contributed by atoms with Crippen LogP contribution in [-0.4, -0.2) is 30.0 Å². The van der Waals surface area contributed by atoms with Gasteiger partial charge in [0.25, 0.3) is 5.91 Å². The SMILES string of the molecule is C=C/C=C(\C=C/CC)C(=O)N1CC2CC(Oc3ccc(C#N)c(C(F)(F)F)c3)CC2C1. The van der Waals surface area contributed by atoms with Crippen LogP contribution in [0.1, 0.15) is 37.3 Å². The summed E-state index contributed by atoms with van der Waals surface area (Å²) < 4.78 is 45.4. The number of allylic oxidation sites excluding steroid dienone is 3. The molecule has 2 unspecified atom stereocenters. The molecule has 0 aromatic heterocycles. The van der Waals surface area contributed by atoms with Crippen molar-refractivity contribution in [2.75, 3.05) is 13.1 Å². The lowest BCUT2D eigenvalue weighted by atomic mass is 10.0. The number of carbonyl (C=O) groups excluding carboxylic acids is 1. The highest BCUT2D eigenvalue weighted by atomic mass is 19.4. The summed E-state index contributed by atoms with van der Waals surface area (Å²) in [5, 5.41) is 8.92. The van der Waals surface area contributed by atoms with Gasteiger partial charge in [-0.25, -0.2) is 0 Å². The van der Waals surface area contributed by atoms with Crippen molar-refractivity contribution in [1.29, 1.82) is 5.26 Å². The molecule has 1 aliphatic carbocycles. The maximum atomic E-state index is 13.2. The van der Waals surface area contributed by atoms with E-state index in [9.17, 15) is 18.0 Å². The Balaban J connectivity index is 1.63. The predicted molar refractivity (Wildman–Crippen MR) is 111 cm³/mol.